The molecule has 0 aromatic rings. The van der Waals surface area contributed by atoms with Gasteiger partial charge in [0.1, 0.15) is 6.54 Å². The highest BCUT2D eigenvalue weighted by Gasteiger charge is 1.75. The van der Waals surface area contributed by atoms with Gasteiger partial charge in [0.25, 0.3) is 0 Å². The minimum Gasteiger partial charge on any atom is -0.376 e. The number of nitriles is 1. The molecule has 0 heterocycles. The Morgan fingerprint density at radius 1 is 2.00 bits per heavy atom. The molecule has 0 radical (unpaired) electrons. The second kappa shape index (κ2) is 3.23. The molecule has 0 aromatic heterocycles. The maximum atomic E-state index is 7.96. The molecular formula is C5H8N2. The van der Waals surface area contributed by atoms with E-state index >= 15 is 0 Å². The molecule has 1 N–H and O–H groups in total. The number of nitrogens with zero attached hydrogens (tertiary/aromatic N) is 1. The van der Waals surface area contributed by atoms with Crippen molar-refractivity contribution < 1.29 is 0 Å². The van der Waals surface area contributed by atoms with Crippen molar-refractivity contribution in [1.29, 1.82) is 5.26 Å². The molecular weight excluding hydrogens is 88.1 g/mol. The standard InChI is InChI=1S/C5H8N2/c1-5(2)7-4-3-6/h7H,1,4H2,2H3. The highest BCUT2D eigenvalue weighted by atomic mass is 14.9. The lowest BCUT2D eigenvalue weighted by Crippen LogP contribution is -2.08. The first-order valence-corrected chi connectivity index (χ1v) is 2.03. The average Bonchev–Trinajstić information content (AvgIpc) is 1.61. The largest absolute Gasteiger partial charge is 0.376 e. The van der Waals surface area contributed by atoms with Crippen molar-refractivity contribution in [3.63, 3.8) is 0 Å². The van der Waals surface area contributed by atoms with Crippen molar-refractivity contribution in [1.82, 2.24) is 5.32 Å². The van der Waals surface area contributed by atoms with Crippen molar-refractivity contribution in [2.75, 3.05) is 6.54 Å². The summed E-state index contributed by atoms with van der Waals surface area (Å²) in [5.41, 5.74) is 0.835. The van der Waals surface area contributed by atoms with Crippen LogP contribution in [0.2, 0.25) is 0 Å². The molecule has 0 unspecified atom stereocenters. The van der Waals surface area contributed by atoms with Gasteiger partial charge >= 0.3 is 0 Å². The molecule has 7 heavy (non-hydrogen) atoms. The Morgan fingerprint density at radius 3 is 2.71 bits per heavy atom. The van der Waals surface area contributed by atoms with Gasteiger partial charge in [-0.05, 0) is 6.92 Å². The zero-order valence-electron chi connectivity index (χ0n) is 4.36. The van der Waals surface area contributed by atoms with Gasteiger partial charge in [0.05, 0.1) is 6.07 Å². The number of nitrogens with one attached hydrogen (secondary N) is 1. The van der Waals surface area contributed by atoms with Crippen molar-refractivity contribution in [2.45, 2.75) is 6.92 Å². The van der Waals surface area contributed by atoms with Gasteiger partial charge in [-0.3, -0.25) is 0 Å². The first kappa shape index (κ1) is 6.03. The van der Waals surface area contributed by atoms with Crippen LogP contribution in [0.15, 0.2) is 12.3 Å². The number of rotatable bonds is 2. The quantitative estimate of drug-likeness (QED) is 0.512. The number of allylic oxidation sites excluding steroid dienone is 1. The number of hydrogen-bond acceptors (Lipinski definition) is 2. The van der Waals surface area contributed by atoms with E-state index in [0.717, 1.165) is 5.70 Å². The van der Waals surface area contributed by atoms with Crippen LogP contribution in [-0.4, -0.2) is 6.54 Å². The first-order chi connectivity index (χ1) is 3.27. The van der Waals surface area contributed by atoms with Crippen LogP contribution >= 0.6 is 0 Å². The summed E-state index contributed by atoms with van der Waals surface area (Å²) in [7, 11) is 0. The van der Waals surface area contributed by atoms with E-state index in [1.807, 2.05) is 13.0 Å². The Hall–Kier alpha value is -0.970. The zero-order chi connectivity index (χ0) is 5.70. The van der Waals surface area contributed by atoms with Gasteiger partial charge in [-0.15, -0.1) is 0 Å². The molecule has 0 rings (SSSR count). The van der Waals surface area contributed by atoms with Crippen LogP contribution in [0.4, 0.5) is 0 Å². The lowest BCUT2D eigenvalue weighted by molar-refractivity contribution is 0.918. The van der Waals surface area contributed by atoms with Crippen molar-refractivity contribution >= 4 is 0 Å². The van der Waals surface area contributed by atoms with Crippen LogP contribution in [0.1, 0.15) is 6.92 Å². The second-order valence-corrected chi connectivity index (χ2v) is 1.29. The van der Waals surface area contributed by atoms with Gasteiger partial charge in [-0.2, -0.15) is 5.26 Å². The summed E-state index contributed by atoms with van der Waals surface area (Å²) in [5, 5.41) is 10.7. The maximum Gasteiger partial charge on any atom is 0.103 e. The monoisotopic (exact) mass is 96.1 g/mol. The van der Waals surface area contributed by atoms with Gasteiger partial charge in [0.2, 0.25) is 0 Å². The lowest BCUT2D eigenvalue weighted by atomic mass is 10.5. The second-order valence-electron chi connectivity index (χ2n) is 1.29. The number of hydrogen-bond donors (Lipinski definition) is 1. The third kappa shape index (κ3) is 5.03. The summed E-state index contributed by atoms with van der Waals surface area (Å²) in [6, 6.07) is 1.93. The summed E-state index contributed by atoms with van der Waals surface area (Å²) < 4.78 is 0. The molecule has 2 nitrogen and oxygen atoms in total. The molecule has 2 heteroatoms. The minimum atomic E-state index is 0.356. The topological polar surface area (TPSA) is 35.8 Å². The van der Waals surface area contributed by atoms with Crippen LogP contribution < -0.4 is 5.32 Å². The molecule has 0 aromatic carbocycles. The van der Waals surface area contributed by atoms with Gasteiger partial charge in [-0.25, -0.2) is 0 Å². The summed E-state index contributed by atoms with van der Waals surface area (Å²) in [4.78, 5) is 0. The van der Waals surface area contributed by atoms with Crippen LogP contribution in [-0.2, 0) is 0 Å². The van der Waals surface area contributed by atoms with Crippen LogP contribution in [0.3, 0.4) is 0 Å². The highest BCUT2D eigenvalue weighted by molar-refractivity contribution is 4.89. The van der Waals surface area contributed by atoms with Crippen LogP contribution in [0.25, 0.3) is 0 Å². The molecule has 0 saturated carbocycles. The summed E-state index contributed by atoms with van der Waals surface area (Å²) in [6.45, 7) is 5.70. The van der Waals surface area contributed by atoms with E-state index < -0.39 is 0 Å². The molecule has 0 amide bonds. The van der Waals surface area contributed by atoms with Crippen molar-refractivity contribution in [3.8, 4) is 6.07 Å². The summed E-state index contributed by atoms with van der Waals surface area (Å²) in [6.07, 6.45) is 0. The fraction of sp³-hybridized carbons (Fsp3) is 0.400. The van der Waals surface area contributed by atoms with Crippen molar-refractivity contribution in [3.05, 3.63) is 12.3 Å². The van der Waals surface area contributed by atoms with E-state index in [9.17, 15) is 0 Å². The molecule has 0 spiro atoms. The minimum absolute atomic E-state index is 0.356. The summed E-state index contributed by atoms with van der Waals surface area (Å²) in [5.74, 6) is 0. The Balaban J connectivity index is 3.02. The van der Waals surface area contributed by atoms with E-state index in [1.54, 1.807) is 0 Å². The molecule has 0 bridgehead atoms. The van der Waals surface area contributed by atoms with Gasteiger partial charge in [0, 0.05) is 5.70 Å². The first-order valence-electron chi connectivity index (χ1n) is 2.03. The Labute approximate surface area is 43.5 Å². The lowest BCUT2D eigenvalue weighted by Gasteiger charge is -1.93. The van der Waals surface area contributed by atoms with Crippen LogP contribution in [0, 0.1) is 11.3 Å². The van der Waals surface area contributed by atoms with Gasteiger partial charge in [0.15, 0.2) is 0 Å². The highest BCUT2D eigenvalue weighted by Crippen LogP contribution is 1.72. The van der Waals surface area contributed by atoms with Crippen molar-refractivity contribution in [2.24, 2.45) is 0 Å². The Morgan fingerprint density at radius 2 is 2.57 bits per heavy atom. The van der Waals surface area contributed by atoms with Gasteiger partial charge in [-0.1, -0.05) is 6.58 Å². The molecule has 0 fully saturated rings. The molecule has 0 saturated heterocycles. The van der Waals surface area contributed by atoms with E-state index in [-0.39, 0.29) is 0 Å². The molecule has 38 valence electrons. The fourth-order valence-electron chi connectivity index (χ4n) is 0.190. The van der Waals surface area contributed by atoms with E-state index in [0.29, 0.717) is 6.54 Å². The van der Waals surface area contributed by atoms with E-state index in [2.05, 4.69) is 11.9 Å². The predicted octanol–water partition coefficient (Wildman–Crippen LogP) is 0.633. The summed E-state index contributed by atoms with van der Waals surface area (Å²) >= 11 is 0. The zero-order valence-corrected chi connectivity index (χ0v) is 4.36. The average molecular weight is 96.1 g/mol. The van der Waals surface area contributed by atoms with Gasteiger partial charge < -0.3 is 5.32 Å². The Bertz CT molecular complexity index is 99.1. The normalized spacial score (nSPS) is 6.86. The smallest absolute Gasteiger partial charge is 0.103 e. The molecule has 0 atom stereocenters. The van der Waals surface area contributed by atoms with E-state index in [4.69, 9.17) is 5.26 Å². The molecule has 0 aliphatic carbocycles. The Kier molecular flexibility index (Phi) is 2.78. The fourth-order valence-corrected chi connectivity index (χ4v) is 0.190. The molecule has 0 aliphatic heterocycles. The third-order valence-electron chi connectivity index (χ3n) is 0.469. The molecule has 0 aliphatic rings. The SMILES string of the molecule is C=C(C)NCC#N. The maximum absolute atomic E-state index is 7.96. The third-order valence-corrected chi connectivity index (χ3v) is 0.469. The van der Waals surface area contributed by atoms with E-state index in [1.165, 1.54) is 0 Å². The predicted molar refractivity (Wildman–Crippen MR) is 28.4 cm³/mol. The van der Waals surface area contributed by atoms with Crippen LogP contribution in [0.5, 0.6) is 0 Å².